The lowest BCUT2D eigenvalue weighted by atomic mass is 10.1. The van der Waals surface area contributed by atoms with Crippen molar-refractivity contribution in [3.63, 3.8) is 0 Å². The number of hydrogen-bond donors (Lipinski definition) is 1. The predicted octanol–water partition coefficient (Wildman–Crippen LogP) is 4.80. The van der Waals surface area contributed by atoms with Crippen LogP contribution in [0.25, 0.3) is 0 Å². The SMILES string of the molecule is C=C(C)C(=O)OCC(C)(COC(=O)C(=C)C)NC(=O)OCCCN(Cc1ccccc1)Cc1ccccc1. The monoisotopic (exact) mass is 522 g/mol. The first-order valence-corrected chi connectivity index (χ1v) is 12.5. The molecule has 0 bridgehead atoms. The van der Waals surface area contributed by atoms with E-state index in [1.165, 1.54) is 25.0 Å². The number of esters is 2. The molecule has 1 N–H and O–H groups in total. The fourth-order valence-electron chi connectivity index (χ4n) is 3.44. The van der Waals surface area contributed by atoms with Crippen molar-refractivity contribution in [1.29, 1.82) is 0 Å². The third-order valence-corrected chi connectivity index (χ3v) is 5.49. The lowest BCUT2D eigenvalue weighted by Gasteiger charge is -2.29. The summed E-state index contributed by atoms with van der Waals surface area (Å²) in [4.78, 5) is 38.6. The molecule has 8 heteroatoms. The van der Waals surface area contributed by atoms with Gasteiger partial charge in [0.2, 0.25) is 0 Å². The summed E-state index contributed by atoms with van der Waals surface area (Å²) < 4.78 is 15.8. The summed E-state index contributed by atoms with van der Waals surface area (Å²) in [5.41, 5.74) is 1.62. The van der Waals surface area contributed by atoms with E-state index in [2.05, 4.69) is 47.6 Å². The highest BCUT2D eigenvalue weighted by Gasteiger charge is 2.31. The Morgan fingerprint density at radius 2 is 1.24 bits per heavy atom. The van der Waals surface area contributed by atoms with Crippen molar-refractivity contribution >= 4 is 18.0 Å². The Morgan fingerprint density at radius 1 is 0.789 bits per heavy atom. The van der Waals surface area contributed by atoms with Crippen molar-refractivity contribution in [3.05, 3.63) is 96.1 Å². The third kappa shape index (κ3) is 11.4. The van der Waals surface area contributed by atoms with Crippen LogP contribution in [0, 0.1) is 0 Å². The van der Waals surface area contributed by atoms with Crippen LogP contribution < -0.4 is 5.32 Å². The van der Waals surface area contributed by atoms with Crippen LogP contribution in [0.1, 0.15) is 38.3 Å². The van der Waals surface area contributed by atoms with Gasteiger partial charge in [0.15, 0.2) is 0 Å². The predicted molar refractivity (Wildman–Crippen MR) is 146 cm³/mol. The van der Waals surface area contributed by atoms with E-state index >= 15 is 0 Å². The van der Waals surface area contributed by atoms with Crippen LogP contribution in [0.2, 0.25) is 0 Å². The molecule has 0 heterocycles. The van der Waals surface area contributed by atoms with Gasteiger partial charge in [-0.1, -0.05) is 73.8 Å². The maximum atomic E-state index is 12.6. The number of hydrogen-bond acceptors (Lipinski definition) is 7. The molecule has 2 aromatic carbocycles. The molecule has 0 aliphatic heterocycles. The Hall–Kier alpha value is -3.91. The van der Waals surface area contributed by atoms with Crippen LogP contribution in [0.3, 0.4) is 0 Å². The number of alkyl carbamates (subject to hydrolysis) is 1. The standard InChI is InChI=1S/C30H38N2O6/c1-23(2)27(33)37-21-30(5,22-38-28(34)24(3)4)31-29(35)36-18-12-17-32(19-25-13-8-6-9-14-25)20-26-15-10-7-11-16-26/h6-11,13-16H,1,3,12,17-22H2,2,4-5H3,(H,31,35). The van der Waals surface area contributed by atoms with Gasteiger partial charge in [0, 0.05) is 30.8 Å². The molecule has 1 amide bonds. The van der Waals surface area contributed by atoms with Crippen LogP contribution in [0.5, 0.6) is 0 Å². The zero-order valence-electron chi connectivity index (χ0n) is 22.5. The van der Waals surface area contributed by atoms with E-state index < -0.39 is 23.6 Å². The molecule has 0 saturated carbocycles. The average molecular weight is 523 g/mol. The second-order valence-electron chi connectivity index (χ2n) is 9.57. The number of rotatable bonds is 15. The molecule has 2 rings (SSSR count). The van der Waals surface area contributed by atoms with Gasteiger partial charge in [-0.3, -0.25) is 4.90 Å². The number of carbonyl (C=O) groups excluding carboxylic acids is 3. The number of benzene rings is 2. The van der Waals surface area contributed by atoms with Gasteiger partial charge in [-0.15, -0.1) is 0 Å². The van der Waals surface area contributed by atoms with Crippen LogP contribution in [0.15, 0.2) is 85.0 Å². The van der Waals surface area contributed by atoms with E-state index in [0.29, 0.717) is 13.0 Å². The highest BCUT2D eigenvalue weighted by Crippen LogP contribution is 2.12. The number of carbonyl (C=O) groups is 3. The van der Waals surface area contributed by atoms with Crippen molar-refractivity contribution in [2.24, 2.45) is 0 Å². The maximum Gasteiger partial charge on any atom is 0.407 e. The van der Waals surface area contributed by atoms with Crippen LogP contribution in [-0.4, -0.2) is 54.8 Å². The smallest absolute Gasteiger partial charge is 0.407 e. The van der Waals surface area contributed by atoms with Crippen molar-refractivity contribution in [1.82, 2.24) is 10.2 Å². The van der Waals surface area contributed by atoms with Crippen LogP contribution >= 0.6 is 0 Å². The van der Waals surface area contributed by atoms with Gasteiger partial charge in [-0.2, -0.15) is 0 Å². The average Bonchev–Trinajstić information content (AvgIpc) is 2.89. The zero-order chi connectivity index (χ0) is 28.0. The Morgan fingerprint density at radius 3 is 1.66 bits per heavy atom. The van der Waals surface area contributed by atoms with E-state index in [-0.39, 0.29) is 31.0 Å². The summed E-state index contributed by atoms with van der Waals surface area (Å²) in [5.74, 6) is -1.23. The largest absolute Gasteiger partial charge is 0.460 e. The minimum Gasteiger partial charge on any atom is -0.460 e. The first kappa shape index (κ1) is 30.3. The van der Waals surface area contributed by atoms with Gasteiger partial charge in [-0.25, -0.2) is 14.4 Å². The van der Waals surface area contributed by atoms with Crippen LogP contribution in [0.4, 0.5) is 4.79 Å². The quantitative estimate of drug-likeness (QED) is 0.155. The first-order valence-electron chi connectivity index (χ1n) is 12.5. The molecule has 8 nitrogen and oxygen atoms in total. The van der Waals surface area contributed by atoms with Gasteiger partial charge in [-0.05, 0) is 38.3 Å². The lowest BCUT2D eigenvalue weighted by Crippen LogP contribution is -2.54. The highest BCUT2D eigenvalue weighted by molar-refractivity contribution is 5.87. The number of nitrogens with zero attached hydrogens (tertiary/aromatic N) is 1. The molecule has 0 unspecified atom stereocenters. The lowest BCUT2D eigenvalue weighted by molar-refractivity contribution is -0.145. The fraction of sp³-hybridized carbons (Fsp3) is 0.367. The summed E-state index contributed by atoms with van der Waals surface area (Å²) in [6.45, 7) is 13.7. The maximum absolute atomic E-state index is 12.6. The first-order chi connectivity index (χ1) is 18.1. The van der Waals surface area contributed by atoms with Crippen LogP contribution in [-0.2, 0) is 36.9 Å². The van der Waals surface area contributed by atoms with Gasteiger partial charge >= 0.3 is 18.0 Å². The van der Waals surface area contributed by atoms with Gasteiger partial charge in [0.05, 0.1) is 6.61 Å². The zero-order valence-corrected chi connectivity index (χ0v) is 22.5. The minimum absolute atomic E-state index is 0.180. The van der Waals surface area contributed by atoms with E-state index in [1.54, 1.807) is 6.92 Å². The Bertz CT molecular complexity index is 1010. The molecule has 0 aliphatic carbocycles. The van der Waals surface area contributed by atoms with Crippen molar-refractivity contribution in [2.45, 2.75) is 45.8 Å². The highest BCUT2D eigenvalue weighted by atomic mass is 16.6. The van der Waals surface area contributed by atoms with E-state index in [1.807, 2.05) is 36.4 Å². The minimum atomic E-state index is -1.21. The molecule has 0 spiro atoms. The number of nitrogens with one attached hydrogen (secondary N) is 1. The Labute approximate surface area is 225 Å². The Kier molecular flexibility index (Phi) is 12.3. The molecule has 38 heavy (non-hydrogen) atoms. The topological polar surface area (TPSA) is 94.2 Å². The molecule has 0 aliphatic rings. The molecule has 0 fully saturated rings. The van der Waals surface area contributed by atoms with E-state index in [4.69, 9.17) is 14.2 Å². The summed E-state index contributed by atoms with van der Waals surface area (Å²) in [6, 6.07) is 20.4. The summed E-state index contributed by atoms with van der Waals surface area (Å²) >= 11 is 0. The van der Waals surface area contributed by atoms with Crippen molar-refractivity contribution < 1.29 is 28.6 Å². The molecule has 0 saturated heterocycles. The Balaban J connectivity index is 1.92. The summed E-state index contributed by atoms with van der Waals surface area (Å²) in [5, 5.41) is 2.66. The van der Waals surface area contributed by atoms with Gasteiger partial charge in [0.1, 0.15) is 18.8 Å². The molecular formula is C30H38N2O6. The molecule has 0 aromatic heterocycles. The summed E-state index contributed by atoms with van der Waals surface area (Å²) in [6.07, 6.45) is -0.0954. The van der Waals surface area contributed by atoms with E-state index in [0.717, 1.165) is 13.1 Å². The molecule has 2 aromatic rings. The number of ether oxygens (including phenoxy) is 3. The van der Waals surface area contributed by atoms with Gasteiger partial charge in [0.25, 0.3) is 0 Å². The van der Waals surface area contributed by atoms with Crippen molar-refractivity contribution in [3.8, 4) is 0 Å². The normalized spacial score (nSPS) is 10.9. The van der Waals surface area contributed by atoms with Crippen molar-refractivity contribution in [2.75, 3.05) is 26.4 Å². The molecule has 0 atom stereocenters. The second-order valence-corrected chi connectivity index (χ2v) is 9.57. The third-order valence-electron chi connectivity index (χ3n) is 5.49. The fourth-order valence-corrected chi connectivity index (χ4v) is 3.44. The summed E-state index contributed by atoms with van der Waals surface area (Å²) in [7, 11) is 0. The molecule has 204 valence electrons. The van der Waals surface area contributed by atoms with E-state index in [9.17, 15) is 14.4 Å². The molecule has 0 radical (unpaired) electrons. The number of amides is 1. The second kappa shape index (κ2) is 15.4. The van der Waals surface area contributed by atoms with Gasteiger partial charge < -0.3 is 19.5 Å². The molecular weight excluding hydrogens is 484 g/mol.